The number of methoxy groups -OCH3 is 2. The van der Waals surface area contributed by atoms with E-state index in [9.17, 15) is 4.79 Å². The molecule has 3 nitrogen and oxygen atoms in total. The van der Waals surface area contributed by atoms with Crippen LogP contribution in [0, 0.1) is 0 Å². The van der Waals surface area contributed by atoms with Crippen molar-refractivity contribution in [1.29, 1.82) is 0 Å². The molecule has 0 saturated carbocycles. The average molecular weight is 246 g/mol. The number of carbonyl (C=O) groups excluding carboxylic acids is 1. The van der Waals surface area contributed by atoms with Crippen molar-refractivity contribution in [3.8, 4) is 5.75 Å². The van der Waals surface area contributed by atoms with Crippen LogP contribution in [0.3, 0.4) is 0 Å². The molecule has 0 amide bonds. The Morgan fingerprint density at radius 2 is 1.94 bits per heavy atom. The van der Waals surface area contributed by atoms with Gasteiger partial charge in [-0.05, 0) is 42.9 Å². The molecule has 0 spiro atoms. The number of ether oxygens (including phenoxy) is 2. The molecule has 1 aromatic rings. The summed E-state index contributed by atoms with van der Waals surface area (Å²) >= 11 is 0. The van der Waals surface area contributed by atoms with Crippen molar-refractivity contribution >= 4 is 5.97 Å². The van der Waals surface area contributed by atoms with E-state index < -0.39 is 0 Å². The van der Waals surface area contributed by atoms with Crippen molar-refractivity contribution < 1.29 is 14.3 Å². The van der Waals surface area contributed by atoms with Gasteiger partial charge in [-0.25, -0.2) is 4.79 Å². The van der Waals surface area contributed by atoms with Crippen LogP contribution in [-0.4, -0.2) is 20.2 Å². The van der Waals surface area contributed by atoms with Crippen molar-refractivity contribution in [3.63, 3.8) is 0 Å². The molecular formula is C15H18O3. The van der Waals surface area contributed by atoms with Gasteiger partial charge in [-0.15, -0.1) is 0 Å². The van der Waals surface area contributed by atoms with E-state index in [0.29, 0.717) is 5.92 Å². The molecule has 0 saturated heterocycles. The molecule has 0 N–H and O–H groups in total. The zero-order valence-corrected chi connectivity index (χ0v) is 10.8. The molecule has 0 heterocycles. The van der Waals surface area contributed by atoms with E-state index in [2.05, 4.69) is 12.1 Å². The zero-order chi connectivity index (χ0) is 13.0. The third-order valence-electron chi connectivity index (χ3n) is 3.45. The molecule has 0 aromatic heterocycles. The van der Waals surface area contributed by atoms with Gasteiger partial charge in [0.25, 0.3) is 0 Å². The van der Waals surface area contributed by atoms with E-state index in [1.807, 2.05) is 18.2 Å². The lowest BCUT2D eigenvalue weighted by atomic mass is 9.84. The normalized spacial score (nSPS) is 19.0. The van der Waals surface area contributed by atoms with Gasteiger partial charge in [-0.3, -0.25) is 0 Å². The highest BCUT2D eigenvalue weighted by atomic mass is 16.5. The first-order valence-electron chi connectivity index (χ1n) is 6.16. The largest absolute Gasteiger partial charge is 0.497 e. The summed E-state index contributed by atoms with van der Waals surface area (Å²) in [5.41, 5.74) is 2.11. The SMILES string of the molecule is COC(=O)C1=CCC(c2ccc(OC)cc2)CC1. The number of hydrogen-bond acceptors (Lipinski definition) is 3. The Balaban J connectivity index is 2.04. The maximum Gasteiger partial charge on any atom is 0.333 e. The number of allylic oxidation sites excluding steroid dienone is 1. The van der Waals surface area contributed by atoms with Gasteiger partial charge in [-0.1, -0.05) is 18.2 Å². The maximum absolute atomic E-state index is 11.4. The summed E-state index contributed by atoms with van der Waals surface area (Å²) in [4.78, 5) is 11.4. The maximum atomic E-state index is 11.4. The molecule has 96 valence electrons. The molecule has 1 unspecified atom stereocenters. The first kappa shape index (κ1) is 12.7. The Bertz CT molecular complexity index is 445. The van der Waals surface area contributed by atoms with Gasteiger partial charge in [0, 0.05) is 5.57 Å². The van der Waals surface area contributed by atoms with E-state index in [1.165, 1.54) is 12.7 Å². The minimum atomic E-state index is -0.191. The van der Waals surface area contributed by atoms with Crippen LogP contribution in [0.2, 0.25) is 0 Å². The predicted octanol–water partition coefficient (Wildman–Crippen LogP) is 3.06. The molecule has 0 fully saturated rings. The molecule has 3 heteroatoms. The minimum Gasteiger partial charge on any atom is -0.497 e. The molecule has 1 atom stereocenters. The second kappa shape index (κ2) is 5.71. The van der Waals surface area contributed by atoms with Crippen LogP contribution in [0.4, 0.5) is 0 Å². The van der Waals surface area contributed by atoms with Crippen molar-refractivity contribution in [1.82, 2.24) is 0 Å². The molecule has 0 radical (unpaired) electrons. The fraction of sp³-hybridized carbons (Fsp3) is 0.400. The Kier molecular flexibility index (Phi) is 4.03. The van der Waals surface area contributed by atoms with Crippen LogP contribution >= 0.6 is 0 Å². The van der Waals surface area contributed by atoms with E-state index in [-0.39, 0.29) is 5.97 Å². The highest BCUT2D eigenvalue weighted by Crippen LogP contribution is 2.33. The Hall–Kier alpha value is -1.77. The van der Waals surface area contributed by atoms with E-state index in [0.717, 1.165) is 30.6 Å². The second-order valence-electron chi connectivity index (χ2n) is 4.47. The first-order chi connectivity index (χ1) is 8.74. The lowest BCUT2D eigenvalue weighted by Crippen LogP contribution is -2.11. The lowest BCUT2D eigenvalue weighted by molar-refractivity contribution is -0.136. The van der Waals surface area contributed by atoms with Gasteiger partial charge < -0.3 is 9.47 Å². The summed E-state index contributed by atoms with van der Waals surface area (Å²) in [5, 5.41) is 0. The topological polar surface area (TPSA) is 35.5 Å². The molecule has 1 aromatic carbocycles. The van der Waals surface area contributed by atoms with Gasteiger partial charge in [0.05, 0.1) is 14.2 Å². The molecule has 0 bridgehead atoms. The van der Waals surface area contributed by atoms with E-state index in [4.69, 9.17) is 9.47 Å². The highest BCUT2D eigenvalue weighted by Gasteiger charge is 2.20. The van der Waals surface area contributed by atoms with Crippen molar-refractivity contribution in [2.75, 3.05) is 14.2 Å². The van der Waals surface area contributed by atoms with Crippen LogP contribution in [0.1, 0.15) is 30.7 Å². The molecular weight excluding hydrogens is 228 g/mol. The number of carbonyl (C=O) groups is 1. The van der Waals surface area contributed by atoms with Gasteiger partial charge in [-0.2, -0.15) is 0 Å². The Morgan fingerprint density at radius 1 is 1.22 bits per heavy atom. The minimum absolute atomic E-state index is 0.191. The van der Waals surface area contributed by atoms with Crippen LogP contribution in [-0.2, 0) is 9.53 Å². The van der Waals surface area contributed by atoms with E-state index >= 15 is 0 Å². The van der Waals surface area contributed by atoms with Gasteiger partial charge in [0.1, 0.15) is 5.75 Å². The third-order valence-corrected chi connectivity index (χ3v) is 3.45. The fourth-order valence-electron chi connectivity index (χ4n) is 2.33. The molecule has 1 aliphatic carbocycles. The molecule has 1 aliphatic rings. The first-order valence-corrected chi connectivity index (χ1v) is 6.16. The highest BCUT2D eigenvalue weighted by molar-refractivity contribution is 5.88. The molecule has 2 rings (SSSR count). The van der Waals surface area contributed by atoms with Crippen LogP contribution < -0.4 is 4.74 Å². The van der Waals surface area contributed by atoms with Gasteiger partial charge in [0.2, 0.25) is 0 Å². The second-order valence-corrected chi connectivity index (χ2v) is 4.47. The predicted molar refractivity (Wildman–Crippen MR) is 69.7 cm³/mol. The number of esters is 1. The summed E-state index contributed by atoms with van der Waals surface area (Å²) in [5.74, 6) is 1.17. The Labute approximate surface area is 107 Å². The van der Waals surface area contributed by atoms with Crippen LogP contribution in [0.15, 0.2) is 35.9 Å². The summed E-state index contributed by atoms with van der Waals surface area (Å²) in [6.07, 6.45) is 4.69. The number of rotatable bonds is 3. The lowest BCUT2D eigenvalue weighted by Gasteiger charge is -2.21. The molecule has 18 heavy (non-hydrogen) atoms. The summed E-state index contributed by atoms with van der Waals surface area (Å²) in [6.45, 7) is 0. The standard InChI is InChI=1S/C15H18O3/c1-17-14-9-7-12(8-10-14)11-3-5-13(6-4-11)15(16)18-2/h5,7-11H,3-4,6H2,1-2H3. The average Bonchev–Trinajstić information content (AvgIpc) is 2.47. The van der Waals surface area contributed by atoms with Crippen LogP contribution in [0.5, 0.6) is 5.75 Å². The van der Waals surface area contributed by atoms with Gasteiger partial charge >= 0.3 is 5.97 Å². The summed E-state index contributed by atoms with van der Waals surface area (Å²) in [7, 11) is 3.10. The number of hydrogen-bond donors (Lipinski definition) is 0. The Morgan fingerprint density at radius 3 is 2.44 bits per heavy atom. The van der Waals surface area contributed by atoms with Crippen molar-refractivity contribution in [3.05, 3.63) is 41.5 Å². The van der Waals surface area contributed by atoms with Gasteiger partial charge in [0.15, 0.2) is 0 Å². The zero-order valence-electron chi connectivity index (χ0n) is 10.8. The van der Waals surface area contributed by atoms with Crippen molar-refractivity contribution in [2.45, 2.75) is 25.2 Å². The smallest absolute Gasteiger partial charge is 0.333 e. The summed E-state index contributed by atoms with van der Waals surface area (Å²) < 4.78 is 9.88. The molecule has 0 aliphatic heterocycles. The van der Waals surface area contributed by atoms with E-state index in [1.54, 1.807) is 7.11 Å². The van der Waals surface area contributed by atoms with Crippen LogP contribution in [0.25, 0.3) is 0 Å². The van der Waals surface area contributed by atoms with Crippen molar-refractivity contribution in [2.24, 2.45) is 0 Å². The monoisotopic (exact) mass is 246 g/mol. The fourth-order valence-corrected chi connectivity index (χ4v) is 2.33. The quantitative estimate of drug-likeness (QED) is 0.769. The summed E-state index contributed by atoms with van der Waals surface area (Å²) in [6, 6.07) is 8.16. The number of benzene rings is 1. The third kappa shape index (κ3) is 2.73.